The molecule has 3 atom stereocenters. The molecule has 7 nitrogen and oxygen atoms in total. The lowest BCUT2D eigenvalue weighted by Crippen LogP contribution is -2.35. The van der Waals surface area contributed by atoms with Gasteiger partial charge in [0.1, 0.15) is 11.2 Å². The van der Waals surface area contributed by atoms with Crippen molar-refractivity contribution in [3.05, 3.63) is 35.0 Å². The Balaban J connectivity index is 1.52. The number of aliphatic hydroxyl groups is 1. The highest BCUT2D eigenvalue weighted by Gasteiger charge is 2.26. The van der Waals surface area contributed by atoms with Crippen LogP contribution in [0.25, 0.3) is 11.2 Å². The Bertz CT molecular complexity index is 990. The van der Waals surface area contributed by atoms with Crippen molar-refractivity contribution in [2.24, 2.45) is 5.92 Å². The maximum absolute atomic E-state index is 13.9. The molecule has 1 aliphatic rings. The molecule has 0 amide bonds. The molecule has 1 fully saturated rings. The zero-order valence-electron chi connectivity index (χ0n) is 15.0. The van der Waals surface area contributed by atoms with Gasteiger partial charge in [-0.2, -0.15) is 9.97 Å². The Morgan fingerprint density at radius 1 is 1.21 bits per heavy atom. The molecule has 0 unspecified atom stereocenters. The van der Waals surface area contributed by atoms with E-state index in [1.807, 2.05) is 6.92 Å². The van der Waals surface area contributed by atoms with Gasteiger partial charge >= 0.3 is 0 Å². The number of hydrogen-bond acceptors (Lipinski definition) is 6. The molecule has 148 valence electrons. The molecule has 1 aromatic carbocycles. The van der Waals surface area contributed by atoms with Crippen molar-refractivity contribution in [3.8, 4) is 0 Å². The molecular weight excluding hydrogens is 390 g/mol. The fourth-order valence-corrected chi connectivity index (χ4v) is 3.52. The fourth-order valence-electron chi connectivity index (χ4n) is 3.33. The predicted molar refractivity (Wildman–Crippen MR) is 103 cm³/mol. The lowest BCUT2D eigenvalue weighted by atomic mass is 9.85. The van der Waals surface area contributed by atoms with Crippen molar-refractivity contribution in [1.82, 2.24) is 19.9 Å². The Kier molecular flexibility index (Phi) is 5.03. The standard InChI is InChI=1S/C18H19ClF2N6O/c1-8-2-3-10(6-14(8)28)23-17-22-7-13-16(26-17)27-18(24-13)25-15-11(20)4-9(19)5-12(15)21/h4-5,7-8,10,14,28H,2-3,6H2,1H3,(H3,22,23,24,25,26,27)/t8-,10-,14-/m1/s1. The van der Waals surface area contributed by atoms with Crippen LogP contribution < -0.4 is 10.6 Å². The summed E-state index contributed by atoms with van der Waals surface area (Å²) in [6.45, 7) is 2.04. The largest absolute Gasteiger partial charge is 0.393 e. The van der Waals surface area contributed by atoms with E-state index in [2.05, 4.69) is 30.6 Å². The molecule has 10 heteroatoms. The minimum atomic E-state index is -0.830. The van der Waals surface area contributed by atoms with Crippen molar-refractivity contribution in [3.63, 3.8) is 0 Å². The number of rotatable bonds is 4. The van der Waals surface area contributed by atoms with Gasteiger partial charge in [0, 0.05) is 11.1 Å². The number of anilines is 3. The molecule has 28 heavy (non-hydrogen) atoms. The topological polar surface area (TPSA) is 98.8 Å². The van der Waals surface area contributed by atoms with Gasteiger partial charge in [-0.3, -0.25) is 0 Å². The molecule has 2 heterocycles. The molecule has 0 radical (unpaired) electrons. The van der Waals surface area contributed by atoms with Crippen LogP contribution in [0, 0.1) is 17.6 Å². The third-order valence-electron chi connectivity index (χ3n) is 4.98. The van der Waals surface area contributed by atoms with Gasteiger partial charge in [0.2, 0.25) is 11.9 Å². The quantitative estimate of drug-likeness (QED) is 0.521. The van der Waals surface area contributed by atoms with E-state index in [1.54, 1.807) is 6.20 Å². The molecule has 0 spiro atoms. The number of nitrogens with zero attached hydrogens (tertiary/aromatic N) is 3. The van der Waals surface area contributed by atoms with Crippen LogP contribution in [0.4, 0.5) is 26.4 Å². The van der Waals surface area contributed by atoms with E-state index in [-0.39, 0.29) is 34.7 Å². The molecule has 0 aliphatic heterocycles. The third kappa shape index (κ3) is 3.85. The van der Waals surface area contributed by atoms with Crippen LogP contribution >= 0.6 is 11.6 Å². The first-order chi connectivity index (χ1) is 13.4. The summed E-state index contributed by atoms with van der Waals surface area (Å²) in [7, 11) is 0. The Morgan fingerprint density at radius 3 is 2.68 bits per heavy atom. The highest BCUT2D eigenvalue weighted by atomic mass is 35.5. The van der Waals surface area contributed by atoms with Crippen molar-refractivity contribution in [2.45, 2.75) is 38.3 Å². The number of imidazole rings is 1. The summed E-state index contributed by atoms with van der Waals surface area (Å²) >= 11 is 5.63. The van der Waals surface area contributed by atoms with Gasteiger partial charge in [0.15, 0.2) is 17.3 Å². The highest BCUT2D eigenvalue weighted by molar-refractivity contribution is 6.30. The van der Waals surface area contributed by atoms with Gasteiger partial charge in [-0.05, 0) is 37.3 Å². The van der Waals surface area contributed by atoms with E-state index in [4.69, 9.17) is 11.6 Å². The first-order valence-corrected chi connectivity index (χ1v) is 9.36. The number of fused-ring (bicyclic) bond motifs is 1. The van der Waals surface area contributed by atoms with Gasteiger partial charge < -0.3 is 20.7 Å². The van der Waals surface area contributed by atoms with Gasteiger partial charge in [0.05, 0.1) is 12.3 Å². The summed E-state index contributed by atoms with van der Waals surface area (Å²) < 4.78 is 27.9. The minimum Gasteiger partial charge on any atom is -0.393 e. The van der Waals surface area contributed by atoms with E-state index in [0.29, 0.717) is 23.5 Å². The molecule has 4 N–H and O–H groups in total. The van der Waals surface area contributed by atoms with Gasteiger partial charge in [-0.1, -0.05) is 18.5 Å². The fraction of sp³-hybridized carbons (Fsp3) is 0.389. The van der Waals surface area contributed by atoms with Crippen molar-refractivity contribution < 1.29 is 13.9 Å². The maximum Gasteiger partial charge on any atom is 0.225 e. The second kappa shape index (κ2) is 7.48. The van der Waals surface area contributed by atoms with Crippen LogP contribution in [0.15, 0.2) is 18.3 Å². The van der Waals surface area contributed by atoms with E-state index < -0.39 is 11.6 Å². The van der Waals surface area contributed by atoms with E-state index in [0.717, 1.165) is 25.0 Å². The molecule has 0 saturated heterocycles. The summed E-state index contributed by atoms with van der Waals surface area (Å²) in [4.78, 5) is 15.7. The zero-order valence-corrected chi connectivity index (χ0v) is 15.8. The minimum absolute atomic E-state index is 0.0334. The van der Waals surface area contributed by atoms with E-state index in [9.17, 15) is 13.9 Å². The second-order valence-corrected chi connectivity index (χ2v) is 7.52. The summed E-state index contributed by atoms with van der Waals surface area (Å²) in [6.07, 6.45) is 3.67. The number of halogens is 3. The number of benzene rings is 1. The molecule has 3 aromatic rings. The average molecular weight is 409 g/mol. The van der Waals surface area contributed by atoms with Crippen LogP contribution in [0.2, 0.25) is 5.02 Å². The second-order valence-electron chi connectivity index (χ2n) is 7.08. The van der Waals surface area contributed by atoms with E-state index >= 15 is 0 Å². The van der Waals surface area contributed by atoms with Gasteiger partial charge in [-0.25, -0.2) is 13.8 Å². The van der Waals surface area contributed by atoms with E-state index in [1.165, 1.54) is 0 Å². The third-order valence-corrected chi connectivity index (χ3v) is 5.19. The highest BCUT2D eigenvalue weighted by Crippen LogP contribution is 2.28. The summed E-state index contributed by atoms with van der Waals surface area (Å²) in [5, 5.41) is 15.8. The summed E-state index contributed by atoms with van der Waals surface area (Å²) in [5.41, 5.74) is 0.500. The normalized spacial score (nSPS) is 22.4. The molecule has 2 aromatic heterocycles. The Hall–Kier alpha value is -2.52. The van der Waals surface area contributed by atoms with Crippen molar-refractivity contribution >= 4 is 40.3 Å². The Morgan fingerprint density at radius 2 is 1.96 bits per heavy atom. The van der Waals surface area contributed by atoms with Gasteiger partial charge in [-0.15, -0.1) is 0 Å². The number of aromatic amines is 1. The van der Waals surface area contributed by atoms with Crippen LogP contribution in [0.1, 0.15) is 26.2 Å². The molecular formula is C18H19ClF2N6O. The van der Waals surface area contributed by atoms with Crippen molar-refractivity contribution in [2.75, 3.05) is 10.6 Å². The summed E-state index contributed by atoms with van der Waals surface area (Å²) in [6, 6.07) is 2.10. The monoisotopic (exact) mass is 408 g/mol. The molecule has 0 bridgehead atoms. The molecule has 1 aliphatic carbocycles. The first kappa shape index (κ1) is 18.8. The van der Waals surface area contributed by atoms with Crippen LogP contribution in [0.5, 0.6) is 0 Å². The smallest absolute Gasteiger partial charge is 0.225 e. The summed E-state index contributed by atoms with van der Waals surface area (Å²) in [5.74, 6) is -0.854. The number of aliphatic hydroxyl groups excluding tert-OH is 1. The molecule has 4 rings (SSSR count). The van der Waals surface area contributed by atoms with Gasteiger partial charge in [0.25, 0.3) is 0 Å². The van der Waals surface area contributed by atoms with Crippen LogP contribution in [-0.2, 0) is 0 Å². The predicted octanol–water partition coefficient (Wildman–Crippen LogP) is 3.99. The number of aromatic nitrogens is 4. The molecule has 1 saturated carbocycles. The Labute approximate surface area is 164 Å². The number of nitrogens with one attached hydrogen (secondary N) is 3. The SMILES string of the molecule is C[C@@H]1CC[C@@H](Nc2ncc3[nH]c(Nc4c(F)cc(Cl)cc4F)nc3n2)C[C@H]1O. The maximum atomic E-state index is 13.9. The zero-order chi connectivity index (χ0) is 19.8. The lowest BCUT2D eigenvalue weighted by molar-refractivity contribution is 0.0739. The number of H-pyrrole nitrogens is 1. The average Bonchev–Trinajstić information content (AvgIpc) is 3.03. The van der Waals surface area contributed by atoms with Crippen LogP contribution in [0.3, 0.4) is 0 Å². The lowest BCUT2D eigenvalue weighted by Gasteiger charge is -2.31. The number of hydrogen-bond donors (Lipinski definition) is 4. The van der Waals surface area contributed by atoms with Crippen LogP contribution in [-0.4, -0.2) is 37.2 Å². The van der Waals surface area contributed by atoms with Crippen molar-refractivity contribution in [1.29, 1.82) is 0 Å². The first-order valence-electron chi connectivity index (χ1n) is 8.98.